The molecule has 4 rings (SSSR count). The van der Waals surface area contributed by atoms with Crippen LogP contribution in [0.1, 0.15) is 60.3 Å². The van der Waals surface area contributed by atoms with Crippen molar-refractivity contribution in [3.63, 3.8) is 0 Å². The Labute approximate surface area is 195 Å². The van der Waals surface area contributed by atoms with Crippen molar-refractivity contribution in [2.24, 2.45) is 0 Å². The lowest BCUT2D eigenvalue weighted by Gasteiger charge is -2.27. The molecule has 0 saturated heterocycles. The molecule has 0 atom stereocenters. The summed E-state index contributed by atoms with van der Waals surface area (Å²) in [7, 11) is 1.59. The van der Waals surface area contributed by atoms with E-state index in [4.69, 9.17) is 9.47 Å². The second-order valence-electron chi connectivity index (χ2n) is 7.05. The summed E-state index contributed by atoms with van der Waals surface area (Å²) in [6.07, 6.45) is 0.513. The number of anilines is 1. The fourth-order valence-corrected chi connectivity index (χ4v) is 3.60. The van der Waals surface area contributed by atoms with E-state index in [1.165, 1.54) is 4.68 Å². The van der Waals surface area contributed by atoms with Crippen molar-refractivity contribution in [1.82, 2.24) is 9.78 Å². The number of esters is 1. The van der Waals surface area contributed by atoms with Crippen LogP contribution in [-0.4, -0.2) is 41.9 Å². The van der Waals surface area contributed by atoms with Gasteiger partial charge in [0.2, 0.25) is 0 Å². The first-order valence-electron chi connectivity index (χ1n) is 10.9. The Bertz CT molecular complexity index is 1090. The second-order valence-corrected chi connectivity index (χ2v) is 7.05. The molecule has 0 bridgehead atoms. The smallest absolute Gasteiger partial charge is 0.359 e. The summed E-state index contributed by atoms with van der Waals surface area (Å²) >= 11 is 0. The number of aryl methyl sites for hydroxylation is 1. The maximum absolute atomic E-state index is 13.5. The van der Waals surface area contributed by atoms with Crippen molar-refractivity contribution in [3.8, 4) is 11.4 Å². The molecule has 176 valence electrons. The number of ether oxygens (including phenoxy) is 2. The Morgan fingerprint density at radius 1 is 1.03 bits per heavy atom. The van der Waals surface area contributed by atoms with Crippen LogP contribution in [0.3, 0.4) is 0 Å². The maximum Gasteiger partial charge on any atom is 0.359 e. The molecule has 3 aromatic rings. The Kier molecular flexibility index (Phi) is 8.79. The molecule has 1 aliphatic rings. The highest BCUT2D eigenvalue weighted by atomic mass is 16.5. The van der Waals surface area contributed by atoms with Crippen molar-refractivity contribution in [1.29, 1.82) is 0 Å². The molecule has 1 aliphatic heterocycles. The number of amides is 1. The molecule has 7 heteroatoms. The van der Waals surface area contributed by atoms with Crippen LogP contribution in [0.25, 0.3) is 5.69 Å². The first-order valence-corrected chi connectivity index (χ1v) is 10.9. The van der Waals surface area contributed by atoms with E-state index < -0.39 is 5.97 Å². The molecule has 0 saturated carbocycles. The molecule has 7 nitrogen and oxygen atoms in total. The number of hydrogen-bond donors (Lipinski definition) is 0. The van der Waals surface area contributed by atoms with E-state index >= 15 is 0 Å². The van der Waals surface area contributed by atoms with Crippen molar-refractivity contribution in [2.45, 2.75) is 41.5 Å². The minimum absolute atomic E-state index is 0. The van der Waals surface area contributed by atoms with Crippen LogP contribution in [0.4, 0.5) is 5.69 Å². The van der Waals surface area contributed by atoms with E-state index in [-0.39, 0.29) is 25.6 Å². The highest BCUT2D eigenvalue weighted by molar-refractivity contribution is 6.09. The standard InChI is InChI=1S/C23H23N3O4.C2H6.CH4/c1-4-30-23(28)20-19-13-14-25(16-7-5-15(2)6-8-16)22(27)21(19)26(24-20)17-9-11-18(29-3)12-10-17;1-2;/h5-12H,4,13-14H2,1-3H3;1-2H3;1H4. The third kappa shape index (κ3) is 5.08. The number of carbonyl (C=O) groups excluding carboxylic acids is 2. The predicted molar refractivity (Wildman–Crippen MR) is 131 cm³/mol. The van der Waals surface area contributed by atoms with Crippen LogP contribution in [0, 0.1) is 6.92 Å². The van der Waals surface area contributed by atoms with Gasteiger partial charge in [-0.25, -0.2) is 9.48 Å². The summed E-state index contributed by atoms with van der Waals surface area (Å²) in [4.78, 5) is 27.7. The highest BCUT2D eigenvalue weighted by Crippen LogP contribution is 2.29. The molecule has 0 fully saturated rings. The third-order valence-corrected chi connectivity index (χ3v) is 5.15. The first-order chi connectivity index (χ1) is 15.5. The summed E-state index contributed by atoms with van der Waals surface area (Å²) in [5.74, 6) is -0.0189. The van der Waals surface area contributed by atoms with Crippen LogP contribution >= 0.6 is 0 Å². The lowest BCUT2D eigenvalue weighted by molar-refractivity contribution is 0.0517. The highest BCUT2D eigenvalue weighted by Gasteiger charge is 2.35. The van der Waals surface area contributed by atoms with Crippen molar-refractivity contribution in [3.05, 3.63) is 71.0 Å². The zero-order valence-corrected chi connectivity index (χ0v) is 19.2. The molecular formula is C26H33N3O4. The molecule has 0 spiro atoms. The fourth-order valence-electron chi connectivity index (χ4n) is 3.60. The minimum Gasteiger partial charge on any atom is -0.497 e. The monoisotopic (exact) mass is 451 g/mol. The summed E-state index contributed by atoms with van der Waals surface area (Å²) in [6.45, 7) is 8.46. The van der Waals surface area contributed by atoms with Gasteiger partial charge in [-0.15, -0.1) is 0 Å². The van der Waals surface area contributed by atoms with Gasteiger partial charge in [0.1, 0.15) is 11.4 Å². The zero-order chi connectivity index (χ0) is 23.3. The van der Waals surface area contributed by atoms with Crippen LogP contribution in [-0.2, 0) is 11.2 Å². The number of nitrogens with zero attached hydrogens (tertiary/aromatic N) is 3. The first kappa shape index (κ1) is 25.6. The summed E-state index contributed by atoms with van der Waals surface area (Å²) in [5, 5.41) is 4.48. The van der Waals surface area contributed by atoms with Gasteiger partial charge in [0.25, 0.3) is 5.91 Å². The molecule has 0 radical (unpaired) electrons. The molecule has 1 amide bonds. The van der Waals surface area contributed by atoms with E-state index in [1.54, 1.807) is 43.2 Å². The van der Waals surface area contributed by atoms with E-state index in [9.17, 15) is 9.59 Å². The normalized spacial score (nSPS) is 12.2. The quantitative estimate of drug-likeness (QED) is 0.497. The van der Waals surface area contributed by atoms with Gasteiger partial charge < -0.3 is 14.4 Å². The van der Waals surface area contributed by atoms with Gasteiger partial charge in [-0.3, -0.25) is 4.79 Å². The van der Waals surface area contributed by atoms with Gasteiger partial charge in [0, 0.05) is 17.8 Å². The SMILES string of the molecule is C.CC.CCOC(=O)c1nn(-c2ccc(OC)cc2)c2c1CCN(c1ccc(C)cc1)C2=O. The van der Waals surface area contributed by atoms with E-state index in [2.05, 4.69) is 5.10 Å². The summed E-state index contributed by atoms with van der Waals surface area (Å²) in [6, 6.07) is 15.0. The Balaban J connectivity index is 0.00000125. The Hall–Kier alpha value is -3.61. The molecule has 33 heavy (non-hydrogen) atoms. The number of hydrogen-bond acceptors (Lipinski definition) is 5. The minimum atomic E-state index is -0.516. The predicted octanol–water partition coefficient (Wildman–Crippen LogP) is 5.23. The van der Waals surface area contributed by atoms with E-state index in [0.717, 1.165) is 11.3 Å². The molecule has 2 aromatic carbocycles. The largest absolute Gasteiger partial charge is 0.497 e. The molecule has 0 unspecified atom stereocenters. The third-order valence-electron chi connectivity index (χ3n) is 5.15. The van der Waals surface area contributed by atoms with Gasteiger partial charge in [-0.1, -0.05) is 39.0 Å². The number of benzene rings is 2. The average molecular weight is 452 g/mol. The molecule has 1 aromatic heterocycles. The number of fused-ring (bicyclic) bond motifs is 1. The lowest BCUT2D eigenvalue weighted by atomic mass is 10.0. The summed E-state index contributed by atoms with van der Waals surface area (Å²) < 4.78 is 11.9. The number of aromatic nitrogens is 2. The van der Waals surface area contributed by atoms with E-state index in [1.807, 2.05) is 45.0 Å². The van der Waals surface area contributed by atoms with Crippen molar-refractivity contribution in [2.75, 3.05) is 25.2 Å². The average Bonchev–Trinajstić information content (AvgIpc) is 3.22. The maximum atomic E-state index is 13.5. The van der Waals surface area contributed by atoms with Gasteiger partial charge in [-0.05, 0) is 56.7 Å². The zero-order valence-electron chi connectivity index (χ0n) is 19.2. The molecule has 0 aliphatic carbocycles. The van der Waals surface area contributed by atoms with Crippen LogP contribution in [0.2, 0.25) is 0 Å². The molecule has 2 heterocycles. The van der Waals surface area contributed by atoms with Gasteiger partial charge in [0.05, 0.1) is 19.4 Å². The van der Waals surface area contributed by atoms with Crippen molar-refractivity contribution >= 4 is 17.6 Å². The van der Waals surface area contributed by atoms with E-state index in [0.29, 0.717) is 35.7 Å². The Morgan fingerprint density at radius 3 is 2.21 bits per heavy atom. The number of methoxy groups -OCH3 is 1. The van der Waals surface area contributed by atoms with Gasteiger partial charge >= 0.3 is 5.97 Å². The van der Waals surface area contributed by atoms with Crippen LogP contribution < -0.4 is 9.64 Å². The fraction of sp³-hybridized carbons (Fsp3) is 0.346. The number of rotatable bonds is 5. The van der Waals surface area contributed by atoms with Crippen LogP contribution in [0.5, 0.6) is 5.75 Å². The number of carbonyl (C=O) groups is 2. The van der Waals surface area contributed by atoms with Crippen molar-refractivity contribution < 1.29 is 19.1 Å². The molecule has 0 N–H and O–H groups in total. The van der Waals surface area contributed by atoms with Gasteiger partial charge in [-0.2, -0.15) is 5.10 Å². The van der Waals surface area contributed by atoms with Gasteiger partial charge in [0.15, 0.2) is 5.69 Å². The lowest BCUT2D eigenvalue weighted by Crippen LogP contribution is -2.39. The second kappa shape index (κ2) is 11.3. The summed E-state index contributed by atoms with van der Waals surface area (Å²) in [5.41, 5.74) is 3.81. The molecular weight excluding hydrogens is 418 g/mol. The topological polar surface area (TPSA) is 73.7 Å². The Morgan fingerprint density at radius 2 is 1.64 bits per heavy atom. The van der Waals surface area contributed by atoms with Crippen LogP contribution in [0.15, 0.2) is 48.5 Å².